The van der Waals surface area contributed by atoms with Gasteiger partial charge in [-0.3, -0.25) is 19.8 Å². The van der Waals surface area contributed by atoms with Crippen LogP contribution in [0.1, 0.15) is 30.5 Å². The van der Waals surface area contributed by atoms with Gasteiger partial charge in [-0.1, -0.05) is 30.3 Å². The molecule has 0 atom stereocenters. The van der Waals surface area contributed by atoms with Crippen molar-refractivity contribution in [1.82, 2.24) is 5.32 Å². The van der Waals surface area contributed by atoms with Crippen molar-refractivity contribution in [2.24, 2.45) is 0 Å². The minimum absolute atomic E-state index is 0.0118. The average molecular weight is 528 g/mol. The molecule has 1 fully saturated rings. The van der Waals surface area contributed by atoms with Crippen LogP contribution >= 0.6 is 12.2 Å². The van der Waals surface area contributed by atoms with Gasteiger partial charge in [-0.2, -0.15) is 5.26 Å². The van der Waals surface area contributed by atoms with Crippen molar-refractivity contribution in [1.29, 1.82) is 5.26 Å². The fraction of sp³-hybridized carbons (Fsp3) is 0.172. The zero-order valence-corrected chi connectivity index (χ0v) is 21.7. The van der Waals surface area contributed by atoms with Crippen LogP contribution in [0.15, 0.2) is 72.3 Å². The number of rotatable bonds is 9. The van der Waals surface area contributed by atoms with Crippen molar-refractivity contribution >= 4 is 40.9 Å². The van der Waals surface area contributed by atoms with Gasteiger partial charge in [0, 0.05) is 11.6 Å². The van der Waals surface area contributed by atoms with Crippen LogP contribution in [0.3, 0.4) is 0 Å². The minimum atomic E-state index is -0.594. The van der Waals surface area contributed by atoms with Gasteiger partial charge in [-0.15, -0.1) is 0 Å². The Morgan fingerprint density at radius 2 is 1.74 bits per heavy atom. The van der Waals surface area contributed by atoms with Crippen LogP contribution < -0.4 is 24.4 Å². The van der Waals surface area contributed by atoms with Crippen molar-refractivity contribution in [2.45, 2.75) is 20.5 Å². The third-order valence-corrected chi connectivity index (χ3v) is 5.87. The summed E-state index contributed by atoms with van der Waals surface area (Å²) in [6.07, 6.45) is 1.48. The molecule has 0 spiro atoms. The van der Waals surface area contributed by atoms with Crippen molar-refractivity contribution in [3.8, 4) is 23.3 Å². The summed E-state index contributed by atoms with van der Waals surface area (Å²) in [6.45, 7) is 4.73. The number of carbonyl (C=O) groups excluding carboxylic acids is 2. The number of carbonyl (C=O) groups is 2. The molecule has 3 aromatic carbocycles. The summed E-state index contributed by atoms with van der Waals surface area (Å²) in [4.78, 5) is 27.4. The molecule has 192 valence electrons. The van der Waals surface area contributed by atoms with E-state index >= 15 is 0 Å². The Bertz CT molecular complexity index is 1460. The van der Waals surface area contributed by atoms with Gasteiger partial charge in [-0.05, 0) is 68.0 Å². The van der Waals surface area contributed by atoms with Gasteiger partial charge in [0.15, 0.2) is 16.6 Å². The Morgan fingerprint density at radius 3 is 2.50 bits per heavy atom. The molecule has 1 aliphatic heterocycles. The lowest BCUT2D eigenvalue weighted by Gasteiger charge is -2.29. The molecule has 3 aromatic rings. The molecule has 8 nitrogen and oxygen atoms in total. The molecular formula is C29H25N3O5S. The van der Waals surface area contributed by atoms with Crippen LogP contribution in [-0.2, 0) is 16.2 Å². The summed E-state index contributed by atoms with van der Waals surface area (Å²) in [6, 6.07) is 21.4. The third kappa shape index (κ3) is 5.82. The number of nitriles is 1. The first-order valence-electron chi connectivity index (χ1n) is 12.0. The molecule has 0 radical (unpaired) electrons. The number of hydrogen-bond acceptors (Lipinski definition) is 7. The second kappa shape index (κ2) is 12.0. The monoisotopic (exact) mass is 527 g/mol. The number of ether oxygens (including phenoxy) is 3. The van der Waals surface area contributed by atoms with Gasteiger partial charge in [0.05, 0.1) is 30.5 Å². The van der Waals surface area contributed by atoms with Crippen molar-refractivity contribution in [2.75, 3.05) is 18.1 Å². The molecule has 0 aliphatic carbocycles. The van der Waals surface area contributed by atoms with E-state index < -0.39 is 11.8 Å². The van der Waals surface area contributed by atoms with Crippen LogP contribution in [-0.4, -0.2) is 30.1 Å². The Hall–Kier alpha value is -4.68. The summed E-state index contributed by atoms with van der Waals surface area (Å²) in [5.74, 6) is 0.341. The van der Waals surface area contributed by atoms with E-state index in [1.165, 1.54) is 11.0 Å². The molecule has 1 saturated heterocycles. The molecule has 1 N–H and O–H groups in total. The first kappa shape index (κ1) is 26.4. The number of benzene rings is 3. The van der Waals surface area contributed by atoms with Crippen LogP contribution in [0, 0.1) is 11.3 Å². The van der Waals surface area contributed by atoms with Gasteiger partial charge in [0.1, 0.15) is 17.9 Å². The van der Waals surface area contributed by atoms with E-state index in [0.717, 1.165) is 5.56 Å². The average Bonchev–Trinajstić information content (AvgIpc) is 2.91. The van der Waals surface area contributed by atoms with E-state index in [9.17, 15) is 14.9 Å². The highest BCUT2D eigenvalue weighted by Crippen LogP contribution is 2.31. The van der Waals surface area contributed by atoms with E-state index in [1.807, 2.05) is 26.0 Å². The predicted molar refractivity (Wildman–Crippen MR) is 147 cm³/mol. The van der Waals surface area contributed by atoms with Crippen molar-refractivity contribution in [3.05, 3.63) is 89.0 Å². The van der Waals surface area contributed by atoms with Gasteiger partial charge in [0.25, 0.3) is 11.8 Å². The Balaban J connectivity index is 1.62. The molecule has 0 unspecified atom stereocenters. The second-order valence-corrected chi connectivity index (χ2v) is 8.47. The highest BCUT2D eigenvalue weighted by Gasteiger charge is 2.34. The van der Waals surface area contributed by atoms with Gasteiger partial charge in [0.2, 0.25) is 0 Å². The number of nitrogens with one attached hydrogen (secondary N) is 1. The molecule has 0 aromatic heterocycles. The number of nitrogens with zero attached hydrogens (tertiary/aromatic N) is 2. The summed E-state index contributed by atoms with van der Waals surface area (Å²) < 4.78 is 17.2. The number of hydrogen-bond donors (Lipinski definition) is 1. The number of anilines is 1. The van der Waals surface area contributed by atoms with Crippen LogP contribution in [0.25, 0.3) is 6.08 Å². The maximum absolute atomic E-state index is 13.4. The molecule has 2 amide bonds. The normalized spacial score (nSPS) is 14.2. The first-order chi connectivity index (χ1) is 18.4. The molecule has 1 heterocycles. The Kier molecular flexibility index (Phi) is 8.36. The van der Waals surface area contributed by atoms with Gasteiger partial charge >= 0.3 is 0 Å². The number of thiocarbonyl (C=S) groups is 1. The smallest absolute Gasteiger partial charge is 0.270 e. The lowest BCUT2D eigenvalue weighted by atomic mass is 10.1. The summed E-state index contributed by atoms with van der Waals surface area (Å²) in [5.41, 5.74) is 2.24. The quantitative estimate of drug-likeness (QED) is 0.243. The summed E-state index contributed by atoms with van der Waals surface area (Å²) >= 11 is 5.30. The first-order valence-corrected chi connectivity index (χ1v) is 12.4. The largest absolute Gasteiger partial charge is 0.494 e. The SMILES string of the molecule is CCOc1cccc(N2C(=O)C(=Cc3ccc(OCc4ccccc4C#N)c(OCC)c3)C(=O)NC2=S)c1. The highest BCUT2D eigenvalue weighted by atomic mass is 32.1. The lowest BCUT2D eigenvalue weighted by Crippen LogP contribution is -2.54. The zero-order chi connectivity index (χ0) is 27.1. The van der Waals surface area contributed by atoms with Crippen LogP contribution in [0.2, 0.25) is 0 Å². The van der Waals surface area contributed by atoms with Gasteiger partial charge in [-0.25, -0.2) is 0 Å². The molecular weight excluding hydrogens is 502 g/mol. The standard InChI is InChI=1S/C29H25N3O5S/c1-3-35-23-11-7-10-22(16-23)32-28(34)24(27(33)31-29(32)38)14-19-12-13-25(26(15-19)36-4-2)37-18-21-9-6-5-8-20(21)17-30/h5-16H,3-4,18H2,1-2H3,(H,31,33,38). The van der Waals surface area contributed by atoms with Crippen molar-refractivity contribution in [3.63, 3.8) is 0 Å². The predicted octanol–water partition coefficient (Wildman–Crippen LogP) is 4.77. The van der Waals surface area contributed by atoms with Crippen LogP contribution in [0.4, 0.5) is 5.69 Å². The lowest BCUT2D eigenvalue weighted by molar-refractivity contribution is -0.122. The van der Waals surface area contributed by atoms with E-state index in [4.69, 9.17) is 26.4 Å². The van der Waals surface area contributed by atoms with Crippen molar-refractivity contribution < 1.29 is 23.8 Å². The maximum Gasteiger partial charge on any atom is 0.270 e. The molecule has 0 bridgehead atoms. The molecule has 1 aliphatic rings. The van der Waals surface area contributed by atoms with Crippen LogP contribution in [0.5, 0.6) is 17.2 Å². The second-order valence-electron chi connectivity index (χ2n) is 8.09. The Labute approximate surface area is 226 Å². The molecule has 4 rings (SSSR count). The summed E-state index contributed by atoms with van der Waals surface area (Å²) in [7, 11) is 0. The fourth-order valence-electron chi connectivity index (χ4n) is 3.85. The minimum Gasteiger partial charge on any atom is -0.494 e. The van der Waals surface area contributed by atoms with Gasteiger partial charge < -0.3 is 14.2 Å². The van der Waals surface area contributed by atoms with E-state index in [-0.39, 0.29) is 17.3 Å². The third-order valence-electron chi connectivity index (χ3n) is 5.59. The highest BCUT2D eigenvalue weighted by molar-refractivity contribution is 7.80. The number of amides is 2. The van der Waals surface area contributed by atoms with E-state index in [1.54, 1.807) is 54.6 Å². The summed E-state index contributed by atoms with van der Waals surface area (Å²) in [5, 5.41) is 11.9. The fourth-order valence-corrected chi connectivity index (χ4v) is 4.13. The van der Waals surface area contributed by atoms with E-state index in [2.05, 4.69) is 11.4 Å². The maximum atomic E-state index is 13.4. The van der Waals surface area contributed by atoms with E-state index in [0.29, 0.717) is 47.3 Å². The Morgan fingerprint density at radius 1 is 0.947 bits per heavy atom. The topological polar surface area (TPSA) is 101 Å². The molecule has 0 saturated carbocycles. The molecule has 38 heavy (non-hydrogen) atoms. The zero-order valence-electron chi connectivity index (χ0n) is 20.9. The molecule has 9 heteroatoms.